The smallest absolute Gasteiger partial charge is 0.123 e. The maximum atomic E-state index is 12.7. The molecule has 0 bridgehead atoms. The summed E-state index contributed by atoms with van der Waals surface area (Å²) >= 11 is 0. The average molecular weight is 223 g/mol. The van der Waals surface area contributed by atoms with Crippen LogP contribution in [0.3, 0.4) is 0 Å². The lowest BCUT2D eigenvalue weighted by Crippen LogP contribution is -2.28. The molecule has 0 aliphatic carbocycles. The molecule has 0 radical (unpaired) electrons. The van der Waals surface area contributed by atoms with Crippen LogP contribution in [0.1, 0.15) is 30.9 Å². The van der Waals surface area contributed by atoms with E-state index < -0.39 is 6.10 Å². The van der Waals surface area contributed by atoms with Crippen LogP contribution in [0.4, 0.5) is 4.39 Å². The molecular weight excluding hydrogens is 205 g/mol. The van der Waals surface area contributed by atoms with Gasteiger partial charge in [0.25, 0.3) is 0 Å². The molecule has 0 aromatic heterocycles. The number of rotatable bonds is 3. The van der Waals surface area contributed by atoms with E-state index in [9.17, 15) is 9.50 Å². The molecule has 1 saturated heterocycles. The Bertz CT molecular complexity index is 319. The maximum Gasteiger partial charge on any atom is 0.123 e. The SMILES string of the molecule is OC(CC1CCNCC1)c1ccc(F)cc1. The van der Waals surface area contributed by atoms with E-state index >= 15 is 0 Å². The second-order valence-corrected chi connectivity index (χ2v) is 4.50. The molecule has 0 spiro atoms. The predicted molar refractivity (Wildman–Crippen MR) is 61.6 cm³/mol. The van der Waals surface area contributed by atoms with E-state index in [1.807, 2.05) is 0 Å². The molecule has 1 atom stereocenters. The van der Waals surface area contributed by atoms with Gasteiger partial charge in [-0.1, -0.05) is 12.1 Å². The number of benzene rings is 1. The van der Waals surface area contributed by atoms with Crippen LogP contribution in [-0.4, -0.2) is 18.2 Å². The van der Waals surface area contributed by atoms with Crippen molar-refractivity contribution in [3.05, 3.63) is 35.6 Å². The first-order chi connectivity index (χ1) is 7.75. The number of nitrogens with one attached hydrogen (secondary N) is 1. The molecule has 2 N–H and O–H groups in total. The maximum absolute atomic E-state index is 12.7. The van der Waals surface area contributed by atoms with Crippen molar-refractivity contribution < 1.29 is 9.50 Å². The van der Waals surface area contributed by atoms with Crippen LogP contribution >= 0.6 is 0 Å². The van der Waals surface area contributed by atoms with E-state index in [1.54, 1.807) is 12.1 Å². The van der Waals surface area contributed by atoms with Crippen LogP contribution in [0.2, 0.25) is 0 Å². The zero-order valence-corrected chi connectivity index (χ0v) is 9.32. The summed E-state index contributed by atoms with van der Waals surface area (Å²) in [5.74, 6) is 0.333. The Labute approximate surface area is 95.5 Å². The number of hydrogen-bond donors (Lipinski definition) is 2. The Morgan fingerprint density at radius 2 is 1.88 bits per heavy atom. The first kappa shape index (κ1) is 11.6. The average Bonchev–Trinajstić information content (AvgIpc) is 2.31. The zero-order valence-electron chi connectivity index (χ0n) is 9.32. The fourth-order valence-electron chi connectivity index (χ4n) is 2.25. The number of aliphatic hydroxyl groups is 1. The summed E-state index contributed by atoms with van der Waals surface area (Å²) in [5.41, 5.74) is 0.819. The van der Waals surface area contributed by atoms with Crippen LogP contribution < -0.4 is 5.32 Å². The van der Waals surface area contributed by atoms with Gasteiger partial charge in [-0.2, -0.15) is 0 Å². The summed E-state index contributed by atoms with van der Waals surface area (Å²) in [5, 5.41) is 13.3. The van der Waals surface area contributed by atoms with Crippen molar-refractivity contribution in [2.45, 2.75) is 25.4 Å². The molecule has 1 fully saturated rings. The molecular formula is C13H18FNO. The monoisotopic (exact) mass is 223 g/mol. The Balaban J connectivity index is 1.91. The second kappa shape index (κ2) is 5.41. The molecule has 1 unspecified atom stereocenters. The fraction of sp³-hybridized carbons (Fsp3) is 0.538. The van der Waals surface area contributed by atoms with Crippen molar-refractivity contribution >= 4 is 0 Å². The van der Waals surface area contributed by atoms with E-state index in [0.717, 1.165) is 37.9 Å². The minimum Gasteiger partial charge on any atom is -0.388 e. The van der Waals surface area contributed by atoms with Gasteiger partial charge >= 0.3 is 0 Å². The van der Waals surface area contributed by atoms with Crippen LogP contribution in [0.5, 0.6) is 0 Å². The van der Waals surface area contributed by atoms with Gasteiger partial charge in [-0.3, -0.25) is 0 Å². The lowest BCUT2D eigenvalue weighted by Gasteiger charge is -2.24. The van der Waals surface area contributed by atoms with Gasteiger partial charge < -0.3 is 10.4 Å². The Morgan fingerprint density at radius 3 is 2.50 bits per heavy atom. The van der Waals surface area contributed by atoms with Crippen molar-refractivity contribution in [3.63, 3.8) is 0 Å². The predicted octanol–water partition coefficient (Wildman–Crippen LogP) is 2.25. The zero-order chi connectivity index (χ0) is 11.4. The third-order valence-electron chi connectivity index (χ3n) is 3.27. The molecule has 1 aliphatic heterocycles. The van der Waals surface area contributed by atoms with Gasteiger partial charge in [-0.25, -0.2) is 4.39 Å². The lowest BCUT2D eigenvalue weighted by molar-refractivity contribution is 0.133. The summed E-state index contributed by atoms with van der Waals surface area (Å²) in [7, 11) is 0. The van der Waals surface area contributed by atoms with Gasteiger partial charge in [0.1, 0.15) is 5.82 Å². The topological polar surface area (TPSA) is 32.3 Å². The molecule has 0 amide bonds. The van der Waals surface area contributed by atoms with E-state index in [-0.39, 0.29) is 5.82 Å². The van der Waals surface area contributed by atoms with E-state index in [0.29, 0.717) is 5.92 Å². The summed E-state index contributed by atoms with van der Waals surface area (Å²) in [6.07, 6.45) is 2.58. The Kier molecular flexibility index (Phi) is 3.91. The number of halogens is 1. The first-order valence-corrected chi connectivity index (χ1v) is 5.90. The van der Waals surface area contributed by atoms with Crippen LogP contribution in [0, 0.1) is 11.7 Å². The molecule has 1 heterocycles. The van der Waals surface area contributed by atoms with Gasteiger partial charge in [0.2, 0.25) is 0 Å². The lowest BCUT2D eigenvalue weighted by atomic mass is 9.90. The van der Waals surface area contributed by atoms with Gasteiger partial charge in [0.15, 0.2) is 0 Å². The highest BCUT2D eigenvalue weighted by Gasteiger charge is 2.18. The molecule has 1 aliphatic rings. The summed E-state index contributed by atoms with van der Waals surface area (Å²) in [6.45, 7) is 2.08. The van der Waals surface area contributed by atoms with Crippen LogP contribution in [-0.2, 0) is 0 Å². The highest BCUT2D eigenvalue weighted by atomic mass is 19.1. The molecule has 1 aromatic rings. The van der Waals surface area contributed by atoms with Crippen molar-refractivity contribution in [3.8, 4) is 0 Å². The molecule has 88 valence electrons. The number of piperidine rings is 1. The van der Waals surface area contributed by atoms with Gasteiger partial charge in [0.05, 0.1) is 6.10 Å². The van der Waals surface area contributed by atoms with Crippen LogP contribution in [0.15, 0.2) is 24.3 Å². The number of aliphatic hydroxyl groups excluding tert-OH is 1. The molecule has 16 heavy (non-hydrogen) atoms. The third-order valence-corrected chi connectivity index (χ3v) is 3.27. The normalized spacial score (nSPS) is 19.6. The second-order valence-electron chi connectivity index (χ2n) is 4.50. The highest BCUT2D eigenvalue weighted by molar-refractivity contribution is 5.18. The molecule has 0 saturated carbocycles. The summed E-state index contributed by atoms with van der Waals surface area (Å²) < 4.78 is 12.7. The number of hydrogen-bond acceptors (Lipinski definition) is 2. The molecule has 2 nitrogen and oxygen atoms in total. The summed E-state index contributed by atoms with van der Waals surface area (Å²) in [4.78, 5) is 0. The molecule has 2 rings (SSSR count). The minimum atomic E-state index is -0.455. The quantitative estimate of drug-likeness (QED) is 0.823. The van der Waals surface area contributed by atoms with E-state index in [2.05, 4.69) is 5.32 Å². The van der Waals surface area contributed by atoms with Gasteiger partial charge in [-0.05, 0) is 56.0 Å². The first-order valence-electron chi connectivity index (χ1n) is 5.90. The molecule has 1 aromatic carbocycles. The summed E-state index contributed by atoms with van der Waals surface area (Å²) in [6, 6.07) is 6.14. The van der Waals surface area contributed by atoms with Crippen molar-refractivity contribution in [1.82, 2.24) is 5.32 Å². The van der Waals surface area contributed by atoms with E-state index in [1.165, 1.54) is 12.1 Å². The van der Waals surface area contributed by atoms with Gasteiger partial charge in [-0.15, -0.1) is 0 Å². The standard InChI is InChI=1S/C13H18FNO/c14-12-3-1-11(2-4-12)13(16)9-10-5-7-15-8-6-10/h1-4,10,13,15-16H,5-9H2. The van der Waals surface area contributed by atoms with Gasteiger partial charge in [0, 0.05) is 0 Å². The van der Waals surface area contributed by atoms with E-state index in [4.69, 9.17) is 0 Å². The highest BCUT2D eigenvalue weighted by Crippen LogP contribution is 2.26. The van der Waals surface area contributed by atoms with Crippen LogP contribution in [0.25, 0.3) is 0 Å². The molecule has 3 heteroatoms. The minimum absolute atomic E-state index is 0.252. The Hall–Kier alpha value is -0.930. The van der Waals surface area contributed by atoms with Crippen molar-refractivity contribution in [1.29, 1.82) is 0 Å². The van der Waals surface area contributed by atoms with Crippen molar-refractivity contribution in [2.24, 2.45) is 5.92 Å². The third kappa shape index (κ3) is 3.03. The largest absolute Gasteiger partial charge is 0.388 e. The fourth-order valence-corrected chi connectivity index (χ4v) is 2.25. The Morgan fingerprint density at radius 1 is 1.25 bits per heavy atom. The van der Waals surface area contributed by atoms with Crippen molar-refractivity contribution in [2.75, 3.05) is 13.1 Å².